The van der Waals surface area contributed by atoms with Gasteiger partial charge in [0, 0.05) is 6.54 Å². The number of carbonyl (C=O) groups is 1. The summed E-state index contributed by atoms with van der Waals surface area (Å²) in [6, 6.07) is 6.42. The number of hydrogen-bond donors (Lipinski definition) is 1. The van der Waals surface area contributed by atoms with Crippen LogP contribution in [0.3, 0.4) is 0 Å². The average molecular weight is 312 g/mol. The molecule has 1 aliphatic heterocycles. The van der Waals surface area contributed by atoms with Gasteiger partial charge >= 0.3 is 0 Å². The summed E-state index contributed by atoms with van der Waals surface area (Å²) in [5, 5.41) is 2.76. The summed E-state index contributed by atoms with van der Waals surface area (Å²) < 4.78 is 30.5. The Morgan fingerprint density at radius 3 is 2.81 bits per heavy atom. The lowest BCUT2D eigenvalue weighted by Crippen LogP contribution is -2.43. The molecule has 0 spiro atoms. The van der Waals surface area contributed by atoms with Crippen LogP contribution in [-0.2, 0) is 14.8 Å². The first-order valence-electron chi connectivity index (χ1n) is 6.93. The van der Waals surface area contributed by atoms with E-state index in [9.17, 15) is 13.2 Å². The molecule has 0 unspecified atom stereocenters. The summed E-state index contributed by atoms with van der Waals surface area (Å²) in [4.78, 5) is 12.4. The molecule has 0 aromatic heterocycles. The van der Waals surface area contributed by atoms with Gasteiger partial charge < -0.3 is 10.1 Å². The average Bonchev–Trinajstić information content (AvgIpc) is 2.98. The Bertz CT molecular complexity index is 615. The standard InChI is InChI=1S/C14H20N2O4S/c1-3-21(18,19)16-10-6-8-12(16)14(17)15-11-7-4-5-9-13(11)20-2/h4-5,7,9,12H,3,6,8,10H2,1-2H3,(H,15,17)/t12-/m0/s1. The molecule has 2 rings (SSSR count). The van der Waals surface area contributed by atoms with E-state index in [-0.39, 0.29) is 11.7 Å². The van der Waals surface area contributed by atoms with Gasteiger partial charge in [-0.25, -0.2) is 8.42 Å². The van der Waals surface area contributed by atoms with Gasteiger partial charge in [0.2, 0.25) is 15.9 Å². The number of sulfonamides is 1. The van der Waals surface area contributed by atoms with Gasteiger partial charge in [-0.1, -0.05) is 12.1 Å². The number of carbonyl (C=O) groups excluding carboxylic acids is 1. The Balaban J connectivity index is 2.16. The monoisotopic (exact) mass is 312 g/mol. The van der Waals surface area contributed by atoms with E-state index in [2.05, 4.69) is 5.32 Å². The van der Waals surface area contributed by atoms with Crippen LogP contribution in [0.4, 0.5) is 5.69 Å². The Morgan fingerprint density at radius 1 is 1.43 bits per heavy atom. The molecule has 1 aromatic rings. The molecule has 0 bridgehead atoms. The van der Waals surface area contributed by atoms with Crippen LogP contribution in [0.5, 0.6) is 5.75 Å². The highest BCUT2D eigenvalue weighted by molar-refractivity contribution is 7.89. The maximum atomic E-state index is 12.4. The van der Waals surface area contributed by atoms with Gasteiger partial charge in [0.15, 0.2) is 0 Å². The van der Waals surface area contributed by atoms with E-state index in [0.29, 0.717) is 30.8 Å². The smallest absolute Gasteiger partial charge is 0.242 e. The highest BCUT2D eigenvalue weighted by Crippen LogP contribution is 2.26. The zero-order valence-electron chi connectivity index (χ0n) is 12.2. The molecule has 1 saturated heterocycles. The number of methoxy groups -OCH3 is 1. The number of hydrogen-bond acceptors (Lipinski definition) is 4. The van der Waals surface area contributed by atoms with Gasteiger partial charge in [-0.2, -0.15) is 4.31 Å². The van der Waals surface area contributed by atoms with Crippen LogP contribution in [0.15, 0.2) is 24.3 Å². The third-order valence-electron chi connectivity index (χ3n) is 3.59. The summed E-state index contributed by atoms with van der Waals surface area (Å²) in [6.07, 6.45) is 1.24. The number of rotatable bonds is 5. The first-order chi connectivity index (χ1) is 9.99. The predicted molar refractivity (Wildman–Crippen MR) is 80.8 cm³/mol. The summed E-state index contributed by atoms with van der Waals surface area (Å²) in [6.45, 7) is 1.99. The van der Waals surface area contributed by atoms with Crippen LogP contribution < -0.4 is 10.1 Å². The van der Waals surface area contributed by atoms with Crippen LogP contribution in [-0.4, -0.2) is 44.1 Å². The van der Waals surface area contributed by atoms with Crippen molar-refractivity contribution in [3.05, 3.63) is 24.3 Å². The topological polar surface area (TPSA) is 75.7 Å². The maximum Gasteiger partial charge on any atom is 0.242 e. The van der Waals surface area contributed by atoms with E-state index in [0.717, 1.165) is 0 Å². The molecule has 1 amide bonds. The summed E-state index contributed by atoms with van der Waals surface area (Å²) in [7, 11) is -1.84. The summed E-state index contributed by atoms with van der Waals surface area (Å²) in [5.74, 6) is 0.244. The molecule has 1 fully saturated rings. The number of anilines is 1. The van der Waals surface area contributed by atoms with E-state index in [4.69, 9.17) is 4.74 Å². The molecule has 21 heavy (non-hydrogen) atoms. The van der Waals surface area contributed by atoms with Gasteiger partial charge in [0.25, 0.3) is 0 Å². The van der Waals surface area contributed by atoms with Crippen molar-refractivity contribution in [1.29, 1.82) is 0 Å². The number of nitrogens with zero attached hydrogens (tertiary/aromatic N) is 1. The fraction of sp³-hybridized carbons (Fsp3) is 0.500. The molecule has 0 radical (unpaired) electrons. The number of amides is 1. The van der Waals surface area contributed by atoms with E-state index < -0.39 is 16.1 Å². The van der Waals surface area contributed by atoms with Crippen molar-refractivity contribution < 1.29 is 17.9 Å². The minimum Gasteiger partial charge on any atom is -0.495 e. The quantitative estimate of drug-likeness (QED) is 0.893. The van der Waals surface area contributed by atoms with Crippen molar-refractivity contribution in [3.63, 3.8) is 0 Å². The SMILES string of the molecule is CCS(=O)(=O)N1CCC[C@H]1C(=O)Nc1ccccc1OC. The van der Waals surface area contributed by atoms with Crippen LogP contribution >= 0.6 is 0 Å². The predicted octanol–water partition coefficient (Wildman–Crippen LogP) is 1.45. The maximum absolute atomic E-state index is 12.4. The minimum atomic E-state index is -3.36. The normalized spacial score (nSPS) is 19.4. The second kappa shape index (κ2) is 6.44. The lowest BCUT2D eigenvalue weighted by molar-refractivity contribution is -0.119. The van der Waals surface area contributed by atoms with Gasteiger partial charge in [-0.05, 0) is 31.9 Å². The molecule has 7 heteroatoms. The van der Waals surface area contributed by atoms with Crippen molar-refractivity contribution in [3.8, 4) is 5.75 Å². The van der Waals surface area contributed by atoms with E-state index in [1.807, 2.05) is 0 Å². The van der Waals surface area contributed by atoms with Gasteiger partial charge in [0.05, 0.1) is 18.6 Å². The lowest BCUT2D eigenvalue weighted by Gasteiger charge is -2.23. The lowest BCUT2D eigenvalue weighted by atomic mass is 10.2. The fourth-order valence-electron chi connectivity index (χ4n) is 2.46. The Morgan fingerprint density at radius 2 is 2.14 bits per heavy atom. The van der Waals surface area contributed by atoms with Crippen molar-refractivity contribution in [2.45, 2.75) is 25.8 Å². The van der Waals surface area contributed by atoms with Crippen molar-refractivity contribution in [2.75, 3.05) is 24.7 Å². The van der Waals surface area contributed by atoms with Gasteiger partial charge in [-0.15, -0.1) is 0 Å². The first-order valence-corrected chi connectivity index (χ1v) is 8.54. The number of para-hydroxylation sites is 2. The van der Waals surface area contributed by atoms with Crippen molar-refractivity contribution in [2.24, 2.45) is 0 Å². The number of benzene rings is 1. The largest absolute Gasteiger partial charge is 0.495 e. The Kier molecular flexibility index (Phi) is 4.84. The molecule has 1 heterocycles. The zero-order chi connectivity index (χ0) is 15.5. The highest BCUT2D eigenvalue weighted by Gasteiger charge is 2.37. The van der Waals surface area contributed by atoms with Gasteiger partial charge in [0.1, 0.15) is 11.8 Å². The van der Waals surface area contributed by atoms with E-state index in [1.165, 1.54) is 11.4 Å². The molecule has 0 saturated carbocycles. The van der Waals surface area contributed by atoms with E-state index >= 15 is 0 Å². The minimum absolute atomic E-state index is 0.00539. The Hall–Kier alpha value is -1.60. The summed E-state index contributed by atoms with van der Waals surface area (Å²) >= 11 is 0. The Labute approximate surface area is 125 Å². The molecular weight excluding hydrogens is 292 g/mol. The first kappa shape index (κ1) is 15.8. The third kappa shape index (κ3) is 3.36. The van der Waals surface area contributed by atoms with Crippen LogP contribution in [0.25, 0.3) is 0 Å². The number of ether oxygens (including phenoxy) is 1. The second-order valence-corrected chi connectivity index (χ2v) is 7.07. The molecule has 6 nitrogen and oxygen atoms in total. The van der Waals surface area contributed by atoms with E-state index in [1.54, 1.807) is 31.2 Å². The molecule has 1 aliphatic rings. The fourth-order valence-corrected chi connectivity index (χ4v) is 3.79. The molecule has 1 N–H and O–H groups in total. The molecule has 1 aromatic carbocycles. The third-order valence-corrected chi connectivity index (χ3v) is 5.47. The molecule has 116 valence electrons. The van der Waals surface area contributed by atoms with Crippen molar-refractivity contribution in [1.82, 2.24) is 4.31 Å². The van der Waals surface area contributed by atoms with Crippen molar-refractivity contribution >= 4 is 21.6 Å². The second-order valence-electron chi connectivity index (χ2n) is 4.86. The molecule has 1 atom stereocenters. The summed E-state index contributed by atoms with van der Waals surface area (Å²) in [5.41, 5.74) is 0.547. The molecule has 0 aliphatic carbocycles. The van der Waals surface area contributed by atoms with Crippen LogP contribution in [0.2, 0.25) is 0 Å². The van der Waals surface area contributed by atoms with Gasteiger partial charge in [-0.3, -0.25) is 4.79 Å². The van der Waals surface area contributed by atoms with Crippen LogP contribution in [0.1, 0.15) is 19.8 Å². The van der Waals surface area contributed by atoms with Crippen LogP contribution in [0, 0.1) is 0 Å². The number of nitrogens with one attached hydrogen (secondary N) is 1. The zero-order valence-corrected chi connectivity index (χ0v) is 13.0. The molecular formula is C14H20N2O4S. The highest BCUT2D eigenvalue weighted by atomic mass is 32.2.